The largest absolute Gasteiger partial charge is 0.463 e. The first-order valence-corrected chi connectivity index (χ1v) is 7.37. The van der Waals surface area contributed by atoms with Crippen LogP contribution >= 0.6 is 0 Å². The van der Waals surface area contributed by atoms with Crippen LogP contribution in [0.15, 0.2) is 54.1 Å². The standard InChI is InChI=1S/C18H22O2/c1-2-20-18(19)10-6-7-15-11-13-17(14-12-15)16-8-4-3-5-9-16/h3-10,17H,2,11-14H2,1H3/b10-6-,15-7?. The zero-order chi connectivity index (χ0) is 14.2. The first kappa shape index (κ1) is 14.6. The lowest BCUT2D eigenvalue weighted by Crippen LogP contribution is -2.06. The second kappa shape index (κ2) is 7.68. The van der Waals surface area contributed by atoms with Crippen molar-refractivity contribution in [3.05, 3.63) is 59.7 Å². The number of hydrogen-bond acceptors (Lipinski definition) is 2. The second-order valence-electron chi connectivity index (χ2n) is 5.12. The van der Waals surface area contributed by atoms with E-state index in [1.165, 1.54) is 30.1 Å². The molecular formula is C18H22O2. The van der Waals surface area contributed by atoms with Gasteiger partial charge in [0.15, 0.2) is 0 Å². The molecule has 1 saturated carbocycles. The molecular weight excluding hydrogens is 248 g/mol. The average Bonchev–Trinajstić information content (AvgIpc) is 2.49. The van der Waals surface area contributed by atoms with Gasteiger partial charge in [0.2, 0.25) is 0 Å². The Hall–Kier alpha value is -1.83. The highest BCUT2D eigenvalue weighted by Gasteiger charge is 2.17. The molecule has 0 atom stereocenters. The number of benzene rings is 1. The van der Waals surface area contributed by atoms with Crippen LogP contribution in [-0.4, -0.2) is 12.6 Å². The van der Waals surface area contributed by atoms with E-state index in [2.05, 4.69) is 36.4 Å². The van der Waals surface area contributed by atoms with Gasteiger partial charge < -0.3 is 4.74 Å². The lowest BCUT2D eigenvalue weighted by Gasteiger charge is -2.24. The van der Waals surface area contributed by atoms with Crippen LogP contribution in [0.5, 0.6) is 0 Å². The number of rotatable bonds is 4. The molecule has 0 N–H and O–H groups in total. The van der Waals surface area contributed by atoms with Gasteiger partial charge in [-0.3, -0.25) is 0 Å². The summed E-state index contributed by atoms with van der Waals surface area (Å²) < 4.78 is 4.85. The van der Waals surface area contributed by atoms with E-state index in [4.69, 9.17) is 4.74 Å². The minimum atomic E-state index is -0.262. The molecule has 0 aromatic heterocycles. The second-order valence-corrected chi connectivity index (χ2v) is 5.12. The van der Waals surface area contributed by atoms with Crippen LogP contribution in [0.25, 0.3) is 0 Å². The number of allylic oxidation sites excluding steroid dienone is 3. The zero-order valence-corrected chi connectivity index (χ0v) is 12.0. The van der Waals surface area contributed by atoms with Crippen LogP contribution in [0.3, 0.4) is 0 Å². The molecule has 0 aliphatic heterocycles. The van der Waals surface area contributed by atoms with E-state index in [1.807, 2.05) is 13.0 Å². The maximum atomic E-state index is 11.2. The fourth-order valence-corrected chi connectivity index (χ4v) is 2.67. The van der Waals surface area contributed by atoms with Crippen LogP contribution < -0.4 is 0 Å². The maximum absolute atomic E-state index is 11.2. The van der Waals surface area contributed by atoms with Crippen molar-refractivity contribution < 1.29 is 9.53 Å². The van der Waals surface area contributed by atoms with E-state index in [0.717, 1.165) is 12.8 Å². The third-order valence-electron chi connectivity index (χ3n) is 3.75. The molecule has 0 heterocycles. The molecule has 1 aliphatic rings. The van der Waals surface area contributed by atoms with Gasteiger partial charge in [0, 0.05) is 6.08 Å². The predicted molar refractivity (Wildman–Crippen MR) is 81.5 cm³/mol. The molecule has 0 spiro atoms. The maximum Gasteiger partial charge on any atom is 0.330 e. The zero-order valence-electron chi connectivity index (χ0n) is 12.0. The van der Waals surface area contributed by atoms with Crippen molar-refractivity contribution in [1.82, 2.24) is 0 Å². The molecule has 0 amide bonds. The van der Waals surface area contributed by atoms with Gasteiger partial charge in [0.1, 0.15) is 0 Å². The molecule has 2 nitrogen and oxygen atoms in total. The van der Waals surface area contributed by atoms with Crippen molar-refractivity contribution in [2.45, 2.75) is 38.5 Å². The molecule has 1 fully saturated rings. The quantitative estimate of drug-likeness (QED) is 0.599. The Morgan fingerprint density at radius 2 is 1.95 bits per heavy atom. The van der Waals surface area contributed by atoms with Gasteiger partial charge in [-0.2, -0.15) is 0 Å². The Kier molecular flexibility index (Phi) is 5.60. The number of carbonyl (C=O) groups is 1. The molecule has 1 aromatic carbocycles. The van der Waals surface area contributed by atoms with E-state index in [9.17, 15) is 4.79 Å². The van der Waals surface area contributed by atoms with E-state index in [1.54, 1.807) is 0 Å². The van der Waals surface area contributed by atoms with E-state index in [0.29, 0.717) is 12.5 Å². The summed E-state index contributed by atoms with van der Waals surface area (Å²) in [6, 6.07) is 10.7. The van der Waals surface area contributed by atoms with Crippen LogP contribution in [0.1, 0.15) is 44.1 Å². The number of ether oxygens (including phenoxy) is 1. The lowest BCUT2D eigenvalue weighted by atomic mass is 9.81. The van der Waals surface area contributed by atoms with Gasteiger partial charge >= 0.3 is 5.97 Å². The highest BCUT2D eigenvalue weighted by molar-refractivity contribution is 5.82. The van der Waals surface area contributed by atoms with Gasteiger partial charge in [-0.1, -0.05) is 48.1 Å². The van der Waals surface area contributed by atoms with Crippen molar-refractivity contribution in [1.29, 1.82) is 0 Å². The highest BCUT2D eigenvalue weighted by atomic mass is 16.5. The molecule has 2 heteroatoms. The highest BCUT2D eigenvalue weighted by Crippen LogP contribution is 2.35. The molecule has 2 rings (SSSR count). The van der Waals surface area contributed by atoms with Crippen molar-refractivity contribution >= 4 is 5.97 Å². The summed E-state index contributed by atoms with van der Waals surface area (Å²) in [7, 11) is 0. The van der Waals surface area contributed by atoms with Crippen LogP contribution in [0, 0.1) is 0 Å². The van der Waals surface area contributed by atoms with E-state index >= 15 is 0 Å². The first-order chi connectivity index (χ1) is 9.79. The summed E-state index contributed by atoms with van der Waals surface area (Å²) in [6.07, 6.45) is 10.0. The first-order valence-electron chi connectivity index (χ1n) is 7.37. The minimum Gasteiger partial charge on any atom is -0.463 e. The summed E-state index contributed by atoms with van der Waals surface area (Å²) >= 11 is 0. The van der Waals surface area contributed by atoms with Crippen LogP contribution in [0.2, 0.25) is 0 Å². The SMILES string of the molecule is CCOC(=O)/C=C\C=C1CCC(c2ccccc2)CC1. The monoisotopic (exact) mass is 270 g/mol. The molecule has 1 aliphatic carbocycles. The van der Waals surface area contributed by atoms with Gasteiger partial charge in [-0.25, -0.2) is 4.79 Å². The van der Waals surface area contributed by atoms with E-state index in [-0.39, 0.29) is 5.97 Å². The lowest BCUT2D eigenvalue weighted by molar-refractivity contribution is -0.137. The third kappa shape index (κ3) is 4.37. The number of carbonyl (C=O) groups excluding carboxylic acids is 1. The Bertz CT molecular complexity index is 475. The Morgan fingerprint density at radius 3 is 2.60 bits per heavy atom. The number of hydrogen-bond donors (Lipinski definition) is 0. The molecule has 0 radical (unpaired) electrons. The molecule has 0 saturated heterocycles. The fourth-order valence-electron chi connectivity index (χ4n) is 2.67. The molecule has 106 valence electrons. The van der Waals surface area contributed by atoms with Gasteiger partial charge in [0.25, 0.3) is 0 Å². The summed E-state index contributed by atoms with van der Waals surface area (Å²) in [5.41, 5.74) is 2.88. The Labute approximate surface area is 121 Å². The Balaban J connectivity index is 1.83. The van der Waals surface area contributed by atoms with Gasteiger partial charge in [-0.05, 0) is 44.1 Å². The summed E-state index contributed by atoms with van der Waals surface area (Å²) in [5.74, 6) is 0.421. The molecule has 0 unspecified atom stereocenters. The smallest absolute Gasteiger partial charge is 0.330 e. The van der Waals surface area contributed by atoms with Crippen molar-refractivity contribution in [3.8, 4) is 0 Å². The van der Waals surface area contributed by atoms with Crippen LogP contribution in [0.4, 0.5) is 0 Å². The van der Waals surface area contributed by atoms with E-state index < -0.39 is 0 Å². The molecule has 1 aromatic rings. The summed E-state index contributed by atoms with van der Waals surface area (Å²) in [5, 5.41) is 0. The van der Waals surface area contributed by atoms with Crippen molar-refractivity contribution in [3.63, 3.8) is 0 Å². The normalized spacial score (nSPS) is 19.1. The fraction of sp³-hybridized carbons (Fsp3) is 0.389. The van der Waals surface area contributed by atoms with Gasteiger partial charge in [-0.15, -0.1) is 0 Å². The molecule has 20 heavy (non-hydrogen) atoms. The molecule has 0 bridgehead atoms. The summed E-state index contributed by atoms with van der Waals surface area (Å²) in [4.78, 5) is 11.2. The number of esters is 1. The van der Waals surface area contributed by atoms with Crippen molar-refractivity contribution in [2.24, 2.45) is 0 Å². The topological polar surface area (TPSA) is 26.3 Å². The van der Waals surface area contributed by atoms with Gasteiger partial charge in [0.05, 0.1) is 6.61 Å². The summed E-state index contributed by atoms with van der Waals surface area (Å²) in [6.45, 7) is 2.24. The Morgan fingerprint density at radius 1 is 1.25 bits per heavy atom. The van der Waals surface area contributed by atoms with Crippen LogP contribution in [-0.2, 0) is 9.53 Å². The third-order valence-corrected chi connectivity index (χ3v) is 3.75. The van der Waals surface area contributed by atoms with Crippen molar-refractivity contribution in [2.75, 3.05) is 6.61 Å². The predicted octanol–water partition coefficient (Wildman–Crippen LogP) is 4.39. The minimum absolute atomic E-state index is 0.262. The average molecular weight is 270 g/mol.